The van der Waals surface area contributed by atoms with Crippen LogP contribution < -0.4 is 10.6 Å². The third-order valence-corrected chi connectivity index (χ3v) is 3.40. The molecule has 0 bridgehead atoms. The minimum atomic E-state index is 0. The predicted molar refractivity (Wildman–Crippen MR) is 78.6 cm³/mol. The number of aromatic nitrogens is 2. The van der Waals surface area contributed by atoms with Gasteiger partial charge in [0, 0.05) is 23.7 Å². The Bertz CT molecular complexity index is 407. The Morgan fingerprint density at radius 3 is 3.05 bits per heavy atom. The topological polar surface area (TPSA) is 69.8 Å². The highest BCUT2D eigenvalue weighted by Gasteiger charge is 2.25. The van der Waals surface area contributed by atoms with Crippen LogP contribution in [-0.2, 0) is 11.2 Å². The summed E-state index contributed by atoms with van der Waals surface area (Å²) in [5.41, 5.74) is 1.08. The van der Waals surface area contributed by atoms with Gasteiger partial charge in [-0.1, -0.05) is 13.3 Å². The van der Waals surface area contributed by atoms with Crippen LogP contribution in [0.25, 0.3) is 0 Å². The summed E-state index contributed by atoms with van der Waals surface area (Å²) in [5, 5.41) is 13.3. The first-order chi connectivity index (χ1) is 8.69. The summed E-state index contributed by atoms with van der Waals surface area (Å²) in [6, 6.07) is 2.34. The van der Waals surface area contributed by atoms with Crippen molar-refractivity contribution in [3.8, 4) is 0 Å². The summed E-state index contributed by atoms with van der Waals surface area (Å²) in [4.78, 5) is 12.1. The first kappa shape index (κ1) is 16.0. The highest BCUT2D eigenvalue weighted by atomic mass is 35.5. The normalized spacial score (nSPS) is 22.6. The van der Waals surface area contributed by atoms with Crippen LogP contribution in [0, 0.1) is 5.92 Å². The third-order valence-electron chi connectivity index (χ3n) is 3.40. The first-order valence-electron chi connectivity index (χ1n) is 6.77. The number of anilines is 1. The van der Waals surface area contributed by atoms with Crippen molar-refractivity contribution in [2.75, 3.05) is 11.9 Å². The Labute approximate surface area is 120 Å². The van der Waals surface area contributed by atoms with E-state index in [0.717, 1.165) is 37.9 Å². The lowest BCUT2D eigenvalue weighted by molar-refractivity contribution is -0.120. The van der Waals surface area contributed by atoms with Gasteiger partial charge in [-0.25, -0.2) is 0 Å². The quantitative estimate of drug-likeness (QED) is 0.794. The van der Waals surface area contributed by atoms with Crippen molar-refractivity contribution in [1.82, 2.24) is 15.5 Å². The molecule has 1 saturated heterocycles. The number of rotatable bonds is 4. The van der Waals surface area contributed by atoms with Crippen molar-refractivity contribution in [3.63, 3.8) is 0 Å². The standard InChI is InChI=1S/C13H22N4O.ClH/c1-3-4-11-8-12(17-16-11)15-13(18)10-5-6-14-9(2)7-10;/h8-10,14H,3-7H2,1-2H3,(H2,15,16,17,18);1H/t9-,10-;/m0./s1. The van der Waals surface area contributed by atoms with Gasteiger partial charge >= 0.3 is 0 Å². The number of carbonyl (C=O) groups is 1. The summed E-state index contributed by atoms with van der Waals surface area (Å²) in [5.74, 6) is 0.847. The second-order valence-electron chi connectivity index (χ2n) is 5.09. The van der Waals surface area contributed by atoms with Crippen molar-refractivity contribution < 1.29 is 4.79 Å². The molecule has 0 radical (unpaired) electrons. The Morgan fingerprint density at radius 1 is 1.58 bits per heavy atom. The molecule has 0 unspecified atom stereocenters. The van der Waals surface area contributed by atoms with Crippen LogP contribution in [0.3, 0.4) is 0 Å². The van der Waals surface area contributed by atoms with Gasteiger partial charge in [-0.05, 0) is 32.7 Å². The smallest absolute Gasteiger partial charge is 0.228 e. The van der Waals surface area contributed by atoms with Crippen molar-refractivity contribution in [2.45, 2.75) is 45.6 Å². The van der Waals surface area contributed by atoms with Crippen LogP contribution in [0.4, 0.5) is 5.82 Å². The molecule has 1 aliphatic rings. The number of aromatic amines is 1. The fourth-order valence-electron chi connectivity index (χ4n) is 2.42. The second-order valence-corrected chi connectivity index (χ2v) is 5.09. The second kappa shape index (κ2) is 7.50. The number of amides is 1. The summed E-state index contributed by atoms with van der Waals surface area (Å²) >= 11 is 0. The zero-order valence-electron chi connectivity index (χ0n) is 11.5. The van der Waals surface area contributed by atoms with Gasteiger partial charge in [-0.3, -0.25) is 9.89 Å². The van der Waals surface area contributed by atoms with E-state index in [1.165, 1.54) is 0 Å². The molecular weight excluding hydrogens is 264 g/mol. The monoisotopic (exact) mass is 286 g/mol. The minimum Gasteiger partial charge on any atom is -0.314 e. The van der Waals surface area contributed by atoms with E-state index in [9.17, 15) is 4.79 Å². The molecule has 0 aliphatic carbocycles. The molecule has 5 nitrogen and oxygen atoms in total. The van der Waals surface area contributed by atoms with Gasteiger partial charge in [0.25, 0.3) is 0 Å². The van der Waals surface area contributed by atoms with Gasteiger partial charge in [-0.15, -0.1) is 12.4 Å². The molecule has 2 rings (SSSR count). The van der Waals surface area contributed by atoms with Crippen molar-refractivity contribution >= 4 is 24.1 Å². The maximum atomic E-state index is 12.1. The molecule has 1 fully saturated rings. The molecule has 19 heavy (non-hydrogen) atoms. The maximum absolute atomic E-state index is 12.1. The summed E-state index contributed by atoms with van der Waals surface area (Å²) in [6.45, 7) is 5.16. The molecule has 1 aromatic rings. The van der Waals surface area contributed by atoms with Gasteiger partial charge in [-0.2, -0.15) is 5.10 Å². The Kier molecular flexibility index (Phi) is 6.31. The van der Waals surface area contributed by atoms with Gasteiger partial charge in [0.05, 0.1) is 0 Å². The Morgan fingerprint density at radius 2 is 2.37 bits per heavy atom. The lowest BCUT2D eigenvalue weighted by atomic mass is 9.92. The number of aryl methyl sites for hydroxylation is 1. The zero-order chi connectivity index (χ0) is 13.0. The number of nitrogens with one attached hydrogen (secondary N) is 3. The van der Waals surface area contributed by atoms with Crippen LogP contribution in [0.1, 0.15) is 38.8 Å². The molecule has 2 heterocycles. The first-order valence-corrected chi connectivity index (χ1v) is 6.77. The lowest BCUT2D eigenvalue weighted by Gasteiger charge is -2.26. The SMILES string of the molecule is CCCc1cc(NC(=O)[C@H]2CCN[C@@H](C)C2)n[nH]1.Cl. The molecule has 0 aromatic carbocycles. The number of hydrogen-bond acceptors (Lipinski definition) is 3. The maximum Gasteiger partial charge on any atom is 0.228 e. The van der Waals surface area contributed by atoms with Crippen molar-refractivity contribution in [3.05, 3.63) is 11.8 Å². The van der Waals surface area contributed by atoms with E-state index >= 15 is 0 Å². The van der Waals surface area contributed by atoms with Gasteiger partial charge in [0.1, 0.15) is 0 Å². The lowest BCUT2D eigenvalue weighted by Crippen LogP contribution is -2.40. The minimum absolute atomic E-state index is 0. The van der Waals surface area contributed by atoms with E-state index in [2.05, 4.69) is 34.7 Å². The van der Waals surface area contributed by atoms with Gasteiger partial charge in [0.2, 0.25) is 5.91 Å². The van der Waals surface area contributed by atoms with E-state index in [4.69, 9.17) is 0 Å². The highest BCUT2D eigenvalue weighted by Crippen LogP contribution is 2.18. The van der Waals surface area contributed by atoms with Crippen LogP contribution >= 0.6 is 12.4 Å². The molecule has 1 aromatic heterocycles. The Hall–Kier alpha value is -1.07. The highest BCUT2D eigenvalue weighted by molar-refractivity contribution is 5.91. The largest absolute Gasteiger partial charge is 0.314 e. The molecule has 6 heteroatoms. The van der Waals surface area contributed by atoms with Gasteiger partial charge in [0.15, 0.2) is 5.82 Å². The number of H-pyrrole nitrogens is 1. The summed E-state index contributed by atoms with van der Waals surface area (Å²) in [6.07, 6.45) is 3.84. The summed E-state index contributed by atoms with van der Waals surface area (Å²) in [7, 11) is 0. The van der Waals surface area contributed by atoms with Crippen molar-refractivity contribution in [2.24, 2.45) is 5.92 Å². The van der Waals surface area contributed by atoms with Crippen LogP contribution in [0.15, 0.2) is 6.07 Å². The Balaban J connectivity index is 0.00000180. The molecule has 2 atom stereocenters. The van der Waals surface area contributed by atoms with E-state index in [1.54, 1.807) is 0 Å². The van der Waals surface area contributed by atoms with E-state index in [0.29, 0.717) is 11.9 Å². The van der Waals surface area contributed by atoms with Crippen LogP contribution in [0.5, 0.6) is 0 Å². The van der Waals surface area contributed by atoms with E-state index < -0.39 is 0 Å². The third kappa shape index (κ3) is 4.51. The number of carbonyl (C=O) groups excluding carboxylic acids is 1. The fourth-order valence-corrected chi connectivity index (χ4v) is 2.42. The fraction of sp³-hybridized carbons (Fsp3) is 0.692. The zero-order valence-corrected chi connectivity index (χ0v) is 12.3. The van der Waals surface area contributed by atoms with Crippen LogP contribution in [-0.4, -0.2) is 28.7 Å². The molecule has 0 saturated carbocycles. The predicted octanol–water partition coefficient (Wildman–Crippen LogP) is 2.11. The number of nitrogens with zero attached hydrogens (tertiary/aromatic N) is 1. The molecular formula is C13H23ClN4O. The van der Waals surface area contributed by atoms with E-state index in [-0.39, 0.29) is 24.2 Å². The molecule has 1 amide bonds. The number of hydrogen-bond donors (Lipinski definition) is 3. The average molecular weight is 287 g/mol. The molecule has 108 valence electrons. The van der Waals surface area contributed by atoms with E-state index in [1.807, 2.05) is 6.07 Å². The van der Waals surface area contributed by atoms with Crippen LogP contribution in [0.2, 0.25) is 0 Å². The molecule has 0 spiro atoms. The number of halogens is 1. The number of piperidine rings is 1. The molecule has 3 N–H and O–H groups in total. The average Bonchev–Trinajstić information content (AvgIpc) is 2.77. The van der Waals surface area contributed by atoms with Gasteiger partial charge < -0.3 is 10.6 Å². The summed E-state index contributed by atoms with van der Waals surface area (Å²) < 4.78 is 0. The molecule has 1 aliphatic heterocycles. The van der Waals surface area contributed by atoms with Crippen molar-refractivity contribution in [1.29, 1.82) is 0 Å².